The van der Waals surface area contributed by atoms with Crippen molar-refractivity contribution in [3.8, 4) is 11.1 Å². The molecule has 3 N–H and O–H groups in total. The predicted octanol–water partition coefficient (Wildman–Crippen LogP) is 5.26. The standard InChI is InChI=1S/C25H19BrF2N2O5/c26-14-9-10-19(22(31)29-13-25(27,28)23(32)33)21(11-14)30-24(34)35-12-20-17-7-3-1-5-15(17)16-6-2-4-8-18(16)20/h1-11,20H,12-13H2,(H,29,31)(H,30,34)(H,32,33). The summed E-state index contributed by atoms with van der Waals surface area (Å²) in [6.45, 7) is -1.36. The molecule has 35 heavy (non-hydrogen) atoms. The highest BCUT2D eigenvalue weighted by Gasteiger charge is 2.39. The number of ether oxygens (including phenoxy) is 1. The third kappa shape index (κ3) is 5.17. The minimum atomic E-state index is -4.13. The van der Waals surface area contributed by atoms with Crippen molar-refractivity contribution in [1.29, 1.82) is 0 Å². The molecule has 0 unspecified atom stereocenters. The molecular weight excluding hydrogens is 526 g/mol. The number of rotatable bonds is 7. The molecular formula is C25H19BrF2N2O5. The van der Waals surface area contributed by atoms with Crippen molar-refractivity contribution in [1.82, 2.24) is 5.32 Å². The number of alkyl halides is 2. The molecule has 0 saturated heterocycles. The van der Waals surface area contributed by atoms with E-state index in [0.29, 0.717) is 4.47 Å². The fraction of sp³-hybridized carbons (Fsp3) is 0.160. The van der Waals surface area contributed by atoms with Gasteiger partial charge in [-0.3, -0.25) is 10.1 Å². The molecule has 0 fully saturated rings. The summed E-state index contributed by atoms with van der Waals surface area (Å²) in [7, 11) is 0. The molecule has 0 bridgehead atoms. The number of hydrogen-bond acceptors (Lipinski definition) is 4. The highest BCUT2D eigenvalue weighted by Crippen LogP contribution is 2.44. The van der Waals surface area contributed by atoms with Crippen LogP contribution in [-0.4, -0.2) is 42.2 Å². The van der Waals surface area contributed by atoms with E-state index in [1.807, 2.05) is 53.8 Å². The molecule has 1 aliphatic rings. The lowest BCUT2D eigenvalue weighted by Gasteiger charge is -2.16. The first-order chi connectivity index (χ1) is 16.7. The first-order valence-corrected chi connectivity index (χ1v) is 11.3. The zero-order chi connectivity index (χ0) is 25.2. The summed E-state index contributed by atoms with van der Waals surface area (Å²) in [5.74, 6) is -7.64. The number of amides is 2. The van der Waals surface area contributed by atoms with E-state index < -0.39 is 30.4 Å². The normalized spacial score (nSPS) is 12.4. The molecule has 0 radical (unpaired) electrons. The van der Waals surface area contributed by atoms with Gasteiger partial charge in [0.15, 0.2) is 0 Å². The lowest BCUT2D eigenvalue weighted by atomic mass is 9.98. The monoisotopic (exact) mass is 544 g/mol. The number of nitrogens with one attached hydrogen (secondary N) is 2. The van der Waals surface area contributed by atoms with Gasteiger partial charge in [0.2, 0.25) is 0 Å². The number of carboxylic acids is 1. The second kappa shape index (κ2) is 9.83. The van der Waals surface area contributed by atoms with Gasteiger partial charge >= 0.3 is 18.0 Å². The zero-order valence-corrected chi connectivity index (χ0v) is 19.6. The quantitative estimate of drug-likeness (QED) is 0.376. The Morgan fingerprint density at radius 2 is 1.57 bits per heavy atom. The van der Waals surface area contributed by atoms with E-state index in [1.165, 1.54) is 18.2 Å². The molecule has 3 aromatic rings. The number of carbonyl (C=O) groups is 3. The summed E-state index contributed by atoms with van der Waals surface area (Å²) in [4.78, 5) is 35.6. The second-order valence-electron chi connectivity index (χ2n) is 7.83. The number of anilines is 1. The topological polar surface area (TPSA) is 105 Å². The van der Waals surface area contributed by atoms with Gasteiger partial charge in [-0.05, 0) is 40.5 Å². The van der Waals surface area contributed by atoms with Gasteiger partial charge in [0.25, 0.3) is 5.91 Å². The largest absolute Gasteiger partial charge is 0.477 e. The molecule has 0 aliphatic heterocycles. The maximum atomic E-state index is 13.3. The SMILES string of the molecule is O=C(Nc1cc(Br)ccc1C(=O)NCC(F)(F)C(=O)O)OCC1c2ccccc2-c2ccccc21. The molecule has 0 atom stereocenters. The van der Waals surface area contributed by atoms with Gasteiger partial charge in [0, 0.05) is 10.4 Å². The van der Waals surface area contributed by atoms with E-state index in [2.05, 4.69) is 21.2 Å². The number of aliphatic carboxylic acids is 1. The Balaban J connectivity index is 1.46. The van der Waals surface area contributed by atoms with Crippen molar-refractivity contribution < 1.29 is 33.0 Å². The number of carboxylic acid groups (broad SMARTS) is 1. The predicted molar refractivity (Wildman–Crippen MR) is 128 cm³/mol. The van der Waals surface area contributed by atoms with E-state index in [-0.39, 0.29) is 23.8 Å². The average Bonchev–Trinajstić information content (AvgIpc) is 3.15. The van der Waals surface area contributed by atoms with E-state index in [1.54, 1.807) is 0 Å². The van der Waals surface area contributed by atoms with Crippen molar-refractivity contribution >= 4 is 39.6 Å². The fourth-order valence-electron chi connectivity index (χ4n) is 3.92. The Bertz CT molecular complexity index is 1270. The summed E-state index contributed by atoms with van der Waals surface area (Å²) in [6.07, 6.45) is -0.838. The van der Waals surface area contributed by atoms with Crippen LogP contribution in [0.1, 0.15) is 27.4 Å². The van der Waals surface area contributed by atoms with Crippen LogP contribution in [0.5, 0.6) is 0 Å². The second-order valence-corrected chi connectivity index (χ2v) is 8.75. The van der Waals surface area contributed by atoms with Crippen LogP contribution in [0.15, 0.2) is 71.2 Å². The first-order valence-electron chi connectivity index (χ1n) is 10.5. The molecule has 3 aromatic carbocycles. The Morgan fingerprint density at radius 3 is 2.17 bits per heavy atom. The number of halogens is 3. The molecule has 180 valence electrons. The number of benzene rings is 3. The number of hydrogen-bond donors (Lipinski definition) is 3. The maximum absolute atomic E-state index is 13.3. The zero-order valence-electron chi connectivity index (χ0n) is 18.1. The average molecular weight is 545 g/mol. The minimum Gasteiger partial charge on any atom is -0.477 e. The van der Waals surface area contributed by atoms with Gasteiger partial charge in [-0.25, -0.2) is 9.59 Å². The van der Waals surface area contributed by atoms with Crippen LogP contribution >= 0.6 is 15.9 Å². The third-order valence-corrected chi connectivity index (χ3v) is 6.08. The number of fused-ring (bicyclic) bond motifs is 3. The highest BCUT2D eigenvalue weighted by molar-refractivity contribution is 9.10. The van der Waals surface area contributed by atoms with Crippen LogP contribution in [0.2, 0.25) is 0 Å². The van der Waals surface area contributed by atoms with Crippen molar-refractivity contribution in [3.05, 3.63) is 87.9 Å². The van der Waals surface area contributed by atoms with Crippen molar-refractivity contribution in [2.45, 2.75) is 11.8 Å². The van der Waals surface area contributed by atoms with E-state index in [9.17, 15) is 23.2 Å². The molecule has 4 rings (SSSR count). The molecule has 0 aromatic heterocycles. The van der Waals surface area contributed by atoms with Crippen molar-refractivity contribution in [2.75, 3.05) is 18.5 Å². The van der Waals surface area contributed by atoms with Crippen LogP contribution in [0.25, 0.3) is 11.1 Å². The Kier molecular flexibility index (Phi) is 6.83. The highest BCUT2D eigenvalue weighted by atomic mass is 79.9. The lowest BCUT2D eigenvalue weighted by Crippen LogP contribution is -2.42. The van der Waals surface area contributed by atoms with Crippen LogP contribution in [0.4, 0.5) is 19.3 Å². The maximum Gasteiger partial charge on any atom is 0.411 e. The van der Waals surface area contributed by atoms with Crippen LogP contribution < -0.4 is 10.6 Å². The molecule has 7 nitrogen and oxygen atoms in total. The molecule has 2 amide bonds. The fourth-order valence-corrected chi connectivity index (χ4v) is 4.29. The molecule has 0 saturated carbocycles. The van der Waals surface area contributed by atoms with Gasteiger partial charge < -0.3 is 15.2 Å². The first kappa shape index (κ1) is 24.3. The van der Waals surface area contributed by atoms with Gasteiger partial charge in [-0.1, -0.05) is 64.5 Å². The van der Waals surface area contributed by atoms with Crippen molar-refractivity contribution in [3.63, 3.8) is 0 Å². The Morgan fingerprint density at radius 1 is 0.971 bits per heavy atom. The van der Waals surface area contributed by atoms with Gasteiger partial charge in [-0.2, -0.15) is 8.78 Å². The van der Waals surface area contributed by atoms with Crippen molar-refractivity contribution in [2.24, 2.45) is 0 Å². The Hall–Kier alpha value is -3.79. The third-order valence-electron chi connectivity index (χ3n) is 5.59. The van der Waals surface area contributed by atoms with E-state index in [0.717, 1.165) is 22.3 Å². The molecule has 0 heterocycles. The van der Waals surface area contributed by atoms with Gasteiger partial charge in [0.1, 0.15) is 6.61 Å². The van der Waals surface area contributed by atoms with Gasteiger partial charge in [-0.15, -0.1) is 0 Å². The molecule has 10 heteroatoms. The lowest BCUT2D eigenvalue weighted by molar-refractivity contribution is -0.163. The molecule has 0 spiro atoms. The van der Waals surface area contributed by atoms with Gasteiger partial charge in [0.05, 0.1) is 17.8 Å². The summed E-state index contributed by atoms with van der Waals surface area (Å²) in [5, 5.41) is 12.9. The smallest absolute Gasteiger partial charge is 0.411 e. The minimum absolute atomic E-state index is 0.00717. The summed E-state index contributed by atoms with van der Waals surface area (Å²) < 4.78 is 32.7. The molecule has 1 aliphatic carbocycles. The van der Waals surface area contributed by atoms with E-state index >= 15 is 0 Å². The number of carbonyl (C=O) groups excluding carboxylic acids is 2. The van der Waals surface area contributed by atoms with Crippen LogP contribution in [0.3, 0.4) is 0 Å². The van der Waals surface area contributed by atoms with Crippen LogP contribution in [-0.2, 0) is 9.53 Å². The van der Waals surface area contributed by atoms with E-state index in [4.69, 9.17) is 9.84 Å². The summed E-state index contributed by atoms with van der Waals surface area (Å²) in [6, 6.07) is 19.9. The Labute approximate surface area is 207 Å². The summed E-state index contributed by atoms with van der Waals surface area (Å²) in [5.41, 5.74) is 4.07. The summed E-state index contributed by atoms with van der Waals surface area (Å²) >= 11 is 3.23. The van der Waals surface area contributed by atoms with Crippen LogP contribution in [0, 0.1) is 0 Å².